The van der Waals surface area contributed by atoms with Crippen molar-refractivity contribution in [3.63, 3.8) is 0 Å². The highest BCUT2D eigenvalue weighted by Crippen LogP contribution is 2.26. The zero-order valence-electron chi connectivity index (χ0n) is 12.0. The van der Waals surface area contributed by atoms with Crippen LogP contribution in [0.15, 0.2) is 30.3 Å². The molecule has 2 unspecified atom stereocenters. The van der Waals surface area contributed by atoms with Crippen LogP contribution in [-0.2, 0) is 0 Å². The fourth-order valence-corrected chi connectivity index (χ4v) is 5.05. The number of rotatable bonds is 6. The molecule has 1 heterocycles. The molecule has 0 aromatic heterocycles. The summed E-state index contributed by atoms with van der Waals surface area (Å²) < 4.78 is 0. The molecule has 0 spiro atoms. The van der Waals surface area contributed by atoms with E-state index >= 15 is 0 Å². The molecule has 2 rings (SSSR count). The molecule has 1 aromatic rings. The van der Waals surface area contributed by atoms with Crippen LogP contribution in [0, 0.1) is 5.92 Å². The van der Waals surface area contributed by atoms with Crippen molar-refractivity contribution >= 4 is 23.5 Å². The molecule has 19 heavy (non-hydrogen) atoms. The van der Waals surface area contributed by atoms with E-state index in [1.54, 1.807) is 0 Å². The van der Waals surface area contributed by atoms with Crippen LogP contribution in [0.2, 0.25) is 0 Å². The molecule has 1 aliphatic rings. The fraction of sp³-hybridized carbons (Fsp3) is 0.625. The zero-order chi connectivity index (χ0) is 13.5. The normalized spacial score (nSPS) is 21.5. The van der Waals surface area contributed by atoms with Crippen molar-refractivity contribution < 1.29 is 0 Å². The third-order valence-corrected chi connectivity index (χ3v) is 6.23. The van der Waals surface area contributed by atoms with Gasteiger partial charge in [-0.3, -0.25) is 0 Å². The quantitative estimate of drug-likeness (QED) is 0.844. The van der Waals surface area contributed by atoms with Crippen LogP contribution in [-0.4, -0.2) is 29.1 Å². The first-order chi connectivity index (χ1) is 9.25. The Hall–Kier alpha value is -0.120. The summed E-state index contributed by atoms with van der Waals surface area (Å²) in [6, 6.07) is 11.4. The van der Waals surface area contributed by atoms with Crippen molar-refractivity contribution in [1.82, 2.24) is 5.32 Å². The average molecular weight is 296 g/mol. The summed E-state index contributed by atoms with van der Waals surface area (Å²) in [4.78, 5) is 0. The summed E-state index contributed by atoms with van der Waals surface area (Å²) in [5.74, 6) is 4.68. The second-order valence-electron chi connectivity index (χ2n) is 5.57. The molecule has 2 atom stereocenters. The lowest BCUT2D eigenvalue weighted by atomic mass is 9.97. The first-order valence-corrected chi connectivity index (χ1v) is 9.43. The Morgan fingerprint density at radius 1 is 1.21 bits per heavy atom. The molecule has 0 bridgehead atoms. The van der Waals surface area contributed by atoms with Crippen molar-refractivity contribution in [3.05, 3.63) is 35.9 Å². The van der Waals surface area contributed by atoms with E-state index in [0.717, 1.165) is 17.7 Å². The maximum atomic E-state index is 3.80. The Morgan fingerprint density at radius 2 is 2.00 bits per heavy atom. The lowest BCUT2D eigenvalue weighted by Crippen LogP contribution is -2.32. The summed E-state index contributed by atoms with van der Waals surface area (Å²) >= 11 is 4.24. The molecule has 3 heteroatoms. The van der Waals surface area contributed by atoms with E-state index in [1.807, 2.05) is 0 Å². The van der Waals surface area contributed by atoms with Gasteiger partial charge in [-0.25, -0.2) is 0 Å². The molecular weight excluding hydrogens is 270 g/mol. The molecule has 0 amide bonds. The minimum atomic E-state index is 0.508. The van der Waals surface area contributed by atoms with Crippen LogP contribution in [0.5, 0.6) is 0 Å². The SMILES string of the molecule is CC(C)CC(NCC1CSCCS1)c1ccccc1. The molecule has 1 nitrogen and oxygen atoms in total. The third-order valence-electron chi connectivity index (χ3n) is 3.39. The molecule has 0 radical (unpaired) electrons. The standard InChI is InChI=1S/C16H25NS2/c1-13(2)10-16(14-6-4-3-5-7-14)17-11-15-12-18-8-9-19-15/h3-7,13,15-17H,8-12H2,1-2H3. The van der Waals surface area contributed by atoms with Gasteiger partial charge in [-0.05, 0) is 17.9 Å². The molecule has 1 aromatic carbocycles. The molecular formula is C16H25NS2. The highest BCUT2D eigenvalue weighted by Gasteiger charge is 2.18. The highest BCUT2D eigenvalue weighted by atomic mass is 32.2. The van der Waals surface area contributed by atoms with Crippen LogP contribution in [0.4, 0.5) is 0 Å². The van der Waals surface area contributed by atoms with Gasteiger partial charge in [-0.15, -0.1) is 0 Å². The van der Waals surface area contributed by atoms with E-state index in [-0.39, 0.29) is 0 Å². The summed E-state index contributed by atoms with van der Waals surface area (Å²) in [7, 11) is 0. The number of nitrogens with one attached hydrogen (secondary N) is 1. The molecule has 1 saturated heterocycles. The first kappa shape index (κ1) is 15.3. The number of benzene rings is 1. The third kappa shape index (κ3) is 5.41. The summed E-state index contributed by atoms with van der Waals surface area (Å²) in [5, 5.41) is 4.59. The van der Waals surface area contributed by atoms with Gasteiger partial charge in [0.1, 0.15) is 0 Å². The smallest absolute Gasteiger partial charge is 0.0323 e. The van der Waals surface area contributed by atoms with Gasteiger partial charge in [0.2, 0.25) is 0 Å². The lowest BCUT2D eigenvalue weighted by molar-refractivity contribution is 0.432. The second-order valence-corrected chi connectivity index (χ2v) is 8.13. The van der Waals surface area contributed by atoms with Crippen LogP contribution in [0.3, 0.4) is 0 Å². The van der Waals surface area contributed by atoms with Gasteiger partial charge in [0.25, 0.3) is 0 Å². The monoisotopic (exact) mass is 295 g/mol. The van der Waals surface area contributed by atoms with Crippen LogP contribution in [0.1, 0.15) is 31.9 Å². The number of hydrogen-bond acceptors (Lipinski definition) is 3. The van der Waals surface area contributed by atoms with Gasteiger partial charge in [0.15, 0.2) is 0 Å². The minimum absolute atomic E-state index is 0.508. The molecule has 0 aliphatic carbocycles. The largest absolute Gasteiger partial charge is 0.309 e. The molecule has 106 valence electrons. The van der Waals surface area contributed by atoms with Gasteiger partial charge < -0.3 is 5.32 Å². The zero-order valence-corrected chi connectivity index (χ0v) is 13.6. The van der Waals surface area contributed by atoms with E-state index in [1.165, 1.54) is 29.2 Å². The van der Waals surface area contributed by atoms with E-state index < -0.39 is 0 Å². The minimum Gasteiger partial charge on any atom is -0.309 e. The molecule has 1 aliphatic heterocycles. The van der Waals surface area contributed by atoms with E-state index in [2.05, 4.69) is 73.0 Å². The highest BCUT2D eigenvalue weighted by molar-refractivity contribution is 8.06. The first-order valence-electron chi connectivity index (χ1n) is 7.23. The summed E-state index contributed by atoms with van der Waals surface area (Å²) in [5.41, 5.74) is 1.43. The molecule has 0 saturated carbocycles. The lowest BCUT2D eigenvalue weighted by Gasteiger charge is -2.26. The van der Waals surface area contributed by atoms with Gasteiger partial charge in [-0.2, -0.15) is 23.5 Å². The van der Waals surface area contributed by atoms with Gasteiger partial charge in [0, 0.05) is 35.1 Å². The maximum absolute atomic E-state index is 3.80. The van der Waals surface area contributed by atoms with Crippen molar-refractivity contribution in [1.29, 1.82) is 0 Å². The summed E-state index contributed by atoms with van der Waals surface area (Å²) in [6.07, 6.45) is 1.22. The van der Waals surface area contributed by atoms with E-state index in [9.17, 15) is 0 Å². The van der Waals surface area contributed by atoms with Crippen LogP contribution < -0.4 is 5.32 Å². The fourth-order valence-electron chi connectivity index (χ4n) is 2.42. The Balaban J connectivity index is 1.90. The van der Waals surface area contributed by atoms with Crippen LogP contribution >= 0.6 is 23.5 Å². The Labute approximate surface area is 126 Å². The van der Waals surface area contributed by atoms with Crippen LogP contribution in [0.25, 0.3) is 0 Å². The van der Waals surface area contributed by atoms with Crippen molar-refractivity contribution in [3.8, 4) is 0 Å². The van der Waals surface area contributed by atoms with E-state index in [0.29, 0.717) is 6.04 Å². The Kier molecular flexibility index (Phi) is 6.62. The predicted octanol–water partition coefficient (Wildman–Crippen LogP) is 4.21. The van der Waals surface area contributed by atoms with E-state index in [4.69, 9.17) is 0 Å². The molecule has 1 fully saturated rings. The van der Waals surface area contributed by atoms with Gasteiger partial charge in [-0.1, -0.05) is 44.2 Å². The maximum Gasteiger partial charge on any atom is 0.0323 e. The second kappa shape index (κ2) is 8.23. The topological polar surface area (TPSA) is 12.0 Å². The average Bonchev–Trinajstić information content (AvgIpc) is 2.45. The number of hydrogen-bond donors (Lipinski definition) is 1. The molecule has 1 N–H and O–H groups in total. The van der Waals surface area contributed by atoms with Crippen molar-refractivity contribution in [2.75, 3.05) is 23.8 Å². The van der Waals surface area contributed by atoms with Gasteiger partial charge in [0.05, 0.1) is 0 Å². The number of thioether (sulfide) groups is 2. The summed E-state index contributed by atoms with van der Waals surface area (Å²) in [6.45, 7) is 5.76. The predicted molar refractivity (Wildman–Crippen MR) is 90.2 cm³/mol. The van der Waals surface area contributed by atoms with Crippen molar-refractivity contribution in [2.45, 2.75) is 31.6 Å². The Bertz CT molecular complexity index is 347. The Morgan fingerprint density at radius 3 is 2.63 bits per heavy atom. The van der Waals surface area contributed by atoms with Gasteiger partial charge >= 0.3 is 0 Å². The van der Waals surface area contributed by atoms with Crippen molar-refractivity contribution in [2.24, 2.45) is 5.92 Å².